The molecule has 1 amide bonds. The van der Waals surface area contributed by atoms with Crippen molar-refractivity contribution in [1.29, 1.82) is 0 Å². The molecule has 1 aromatic carbocycles. The number of carbonyl (C=O) groups is 2. The summed E-state index contributed by atoms with van der Waals surface area (Å²) < 4.78 is 0. The molecule has 0 aliphatic heterocycles. The molecule has 0 atom stereocenters. The Labute approximate surface area is 123 Å². The van der Waals surface area contributed by atoms with E-state index in [0.717, 1.165) is 6.42 Å². The van der Waals surface area contributed by atoms with Gasteiger partial charge in [0.2, 0.25) is 5.91 Å². The number of anilines is 1. The second kappa shape index (κ2) is 8.23. The van der Waals surface area contributed by atoms with Crippen LogP contribution in [0.25, 0.3) is 0 Å². The van der Waals surface area contributed by atoms with Crippen LogP contribution in [-0.4, -0.2) is 23.5 Å². The molecule has 0 aliphatic carbocycles. The number of halogens is 1. The van der Waals surface area contributed by atoms with Crippen molar-refractivity contribution in [3.8, 4) is 12.3 Å². The summed E-state index contributed by atoms with van der Waals surface area (Å²) in [4.78, 5) is 24.2. The van der Waals surface area contributed by atoms with E-state index in [0.29, 0.717) is 23.6 Å². The molecule has 0 spiro atoms. The van der Waals surface area contributed by atoms with Crippen molar-refractivity contribution >= 4 is 29.2 Å². The van der Waals surface area contributed by atoms with E-state index >= 15 is 0 Å². The molecule has 0 saturated heterocycles. The minimum atomic E-state index is -1.07. The van der Waals surface area contributed by atoms with Crippen LogP contribution < -0.4 is 4.90 Å². The van der Waals surface area contributed by atoms with E-state index in [1.165, 1.54) is 4.90 Å². The number of carboxylic acid groups (broad SMARTS) is 1. The first-order valence-corrected chi connectivity index (χ1v) is 6.63. The number of carboxylic acids is 1. The van der Waals surface area contributed by atoms with E-state index in [-0.39, 0.29) is 18.9 Å². The van der Waals surface area contributed by atoms with Crippen LogP contribution in [0, 0.1) is 12.3 Å². The Balaban J connectivity index is 2.76. The van der Waals surface area contributed by atoms with Crippen molar-refractivity contribution < 1.29 is 14.7 Å². The van der Waals surface area contributed by atoms with Crippen molar-refractivity contribution in [3.63, 3.8) is 0 Å². The van der Waals surface area contributed by atoms with Crippen LogP contribution in [0.1, 0.15) is 25.7 Å². The van der Waals surface area contributed by atoms with Crippen LogP contribution in [-0.2, 0) is 9.59 Å². The third-order valence-electron chi connectivity index (χ3n) is 2.68. The monoisotopic (exact) mass is 293 g/mol. The van der Waals surface area contributed by atoms with Gasteiger partial charge < -0.3 is 10.0 Å². The molecule has 1 N–H and O–H groups in total. The zero-order valence-corrected chi connectivity index (χ0v) is 11.8. The number of carbonyl (C=O) groups excluding carboxylic acids is 1. The highest BCUT2D eigenvalue weighted by Gasteiger charge is 2.18. The fraction of sp³-hybridized carbons (Fsp3) is 0.333. The lowest BCUT2D eigenvalue weighted by atomic mass is 10.1. The number of unbranched alkanes of at least 4 members (excludes halogenated alkanes) is 2. The maximum atomic E-state index is 12.1. The minimum Gasteiger partial charge on any atom is -0.480 e. The third-order valence-corrected chi connectivity index (χ3v) is 2.91. The Kier molecular flexibility index (Phi) is 6.61. The lowest BCUT2D eigenvalue weighted by Gasteiger charge is -2.21. The van der Waals surface area contributed by atoms with E-state index < -0.39 is 5.97 Å². The fourth-order valence-corrected chi connectivity index (χ4v) is 1.93. The van der Waals surface area contributed by atoms with E-state index in [9.17, 15) is 9.59 Å². The van der Waals surface area contributed by atoms with Crippen LogP contribution in [0.4, 0.5) is 5.69 Å². The van der Waals surface area contributed by atoms with Gasteiger partial charge in [-0.1, -0.05) is 17.7 Å². The van der Waals surface area contributed by atoms with Crippen molar-refractivity contribution in [3.05, 3.63) is 29.3 Å². The van der Waals surface area contributed by atoms with Gasteiger partial charge in [0.15, 0.2) is 0 Å². The van der Waals surface area contributed by atoms with Crippen molar-refractivity contribution in [2.24, 2.45) is 0 Å². The number of terminal acetylenes is 1. The van der Waals surface area contributed by atoms with Crippen molar-refractivity contribution in [1.82, 2.24) is 0 Å². The molecule has 1 rings (SSSR count). The van der Waals surface area contributed by atoms with Crippen molar-refractivity contribution in [2.75, 3.05) is 11.4 Å². The Morgan fingerprint density at radius 3 is 2.70 bits per heavy atom. The second-order valence-corrected chi connectivity index (χ2v) is 4.70. The molecule has 0 radical (unpaired) electrons. The number of hydrogen-bond acceptors (Lipinski definition) is 2. The van der Waals surface area contributed by atoms with E-state index in [2.05, 4.69) is 5.92 Å². The third kappa shape index (κ3) is 5.33. The van der Waals surface area contributed by atoms with Gasteiger partial charge in [-0.05, 0) is 31.0 Å². The fourth-order valence-electron chi connectivity index (χ4n) is 1.74. The van der Waals surface area contributed by atoms with Crippen LogP contribution in [0.2, 0.25) is 5.02 Å². The maximum absolute atomic E-state index is 12.1. The number of benzene rings is 1. The molecule has 20 heavy (non-hydrogen) atoms. The standard InChI is InChI=1S/C15H16ClNO3/c1-2-3-4-5-9-14(18)17(11-15(19)20)13-8-6-7-12(16)10-13/h1,6-8,10H,3-5,9,11H2,(H,19,20). The van der Waals surface area contributed by atoms with E-state index in [1.54, 1.807) is 24.3 Å². The molecule has 5 heteroatoms. The second-order valence-electron chi connectivity index (χ2n) is 4.26. The normalized spacial score (nSPS) is 9.80. The van der Waals surface area contributed by atoms with Crippen LogP contribution in [0.15, 0.2) is 24.3 Å². The topological polar surface area (TPSA) is 57.6 Å². The summed E-state index contributed by atoms with van der Waals surface area (Å²) in [6.07, 6.45) is 7.41. The van der Waals surface area contributed by atoms with E-state index in [1.807, 2.05) is 0 Å². The highest BCUT2D eigenvalue weighted by molar-refractivity contribution is 6.30. The smallest absolute Gasteiger partial charge is 0.323 e. The molecule has 0 heterocycles. The Morgan fingerprint density at radius 1 is 1.35 bits per heavy atom. The molecule has 0 aliphatic rings. The first-order chi connectivity index (χ1) is 9.54. The average molecular weight is 294 g/mol. The summed E-state index contributed by atoms with van der Waals surface area (Å²) in [6.45, 7) is -0.381. The average Bonchev–Trinajstić information content (AvgIpc) is 2.40. The van der Waals surface area contributed by atoms with Crippen LogP contribution in [0.3, 0.4) is 0 Å². The highest BCUT2D eigenvalue weighted by Crippen LogP contribution is 2.20. The number of aliphatic carboxylic acids is 1. The predicted molar refractivity (Wildman–Crippen MR) is 78.7 cm³/mol. The summed E-state index contributed by atoms with van der Waals surface area (Å²) >= 11 is 5.87. The zero-order valence-electron chi connectivity index (χ0n) is 11.0. The van der Waals surface area contributed by atoms with Gasteiger partial charge in [0, 0.05) is 23.6 Å². The van der Waals surface area contributed by atoms with Crippen LogP contribution in [0.5, 0.6) is 0 Å². The predicted octanol–water partition coefficient (Wildman–Crippen LogP) is 2.95. The number of nitrogens with zero attached hydrogens (tertiary/aromatic N) is 1. The molecular weight excluding hydrogens is 278 g/mol. The minimum absolute atomic E-state index is 0.244. The Morgan fingerprint density at radius 2 is 2.10 bits per heavy atom. The molecule has 0 saturated carbocycles. The quantitative estimate of drug-likeness (QED) is 0.621. The van der Waals surface area contributed by atoms with Crippen LogP contribution >= 0.6 is 11.6 Å². The van der Waals surface area contributed by atoms with Gasteiger partial charge in [-0.25, -0.2) is 0 Å². The molecule has 0 unspecified atom stereocenters. The number of rotatable bonds is 7. The highest BCUT2D eigenvalue weighted by atomic mass is 35.5. The molecule has 1 aromatic rings. The van der Waals surface area contributed by atoms with Gasteiger partial charge in [-0.3, -0.25) is 9.59 Å². The van der Waals surface area contributed by atoms with Gasteiger partial charge in [0.1, 0.15) is 6.54 Å². The van der Waals surface area contributed by atoms with Gasteiger partial charge in [0.05, 0.1) is 0 Å². The molecule has 4 nitrogen and oxygen atoms in total. The SMILES string of the molecule is C#CCCCCC(=O)N(CC(=O)O)c1cccc(Cl)c1. The van der Waals surface area contributed by atoms with E-state index in [4.69, 9.17) is 23.1 Å². The molecule has 106 valence electrons. The number of amides is 1. The Bertz CT molecular complexity index is 522. The van der Waals surface area contributed by atoms with Crippen molar-refractivity contribution in [2.45, 2.75) is 25.7 Å². The summed E-state index contributed by atoms with van der Waals surface area (Å²) in [5, 5.41) is 9.38. The summed E-state index contributed by atoms with van der Waals surface area (Å²) in [5.41, 5.74) is 0.488. The van der Waals surface area contributed by atoms with Gasteiger partial charge in [-0.2, -0.15) is 0 Å². The first kappa shape index (κ1) is 16.1. The molecule has 0 fully saturated rings. The summed E-state index contributed by atoms with van der Waals surface area (Å²) in [7, 11) is 0. The van der Waals surface area contributed by atoms with Gasteiger partial charge in [-0.15, -0.1) is 12.3 Å². The lowest BCUT2D eigenvalue weighted by Crippen LogP contribution is -2.35. The summed E-state index contributed by atoms with van der Waals surface area (Å²) in [5.74, 6) is 1.19. The lowest BCUT2D eigenvalue weighted by molar-refractivity contribution is -0.136. The zero-order chi connectivity index (χ0) is 15.0. The Hall–Kier alpha value is -1.99. The van der Waals surface area contributed by atoms with Gasteiger partial charge >= 0.3 is 5.97 Å². The summed E-state index contributed by atoms with van der Waals surface area (Å²) in [6, 6.07) is 6.58. The first-order valence-electron chi connectivity index (χ1n) is 6.25. The molecule has 0 bridgehead atoms. The molecular formula is C15H16ClNO3. The number of hydrogen-bond donors (Lipinski definition) is 1. The largest absolute Gasteiger partial charge is 0.480 e. The maximum Gasteiger partial charge on any atom is 0.323 e. The van der Waals surface area contributed by atoms with Gasteiger partial charge in [0.25, 0.3) is 0 Å². The molecule has 0 aromatic heterocycles.